The van der Waals surface area contributed by atoms with Crippen LogP contribution in [0.25, 0.3) is 0 Å². The van der Waals surface area contributed by atoms with Crippen LogP contribution in [0.3, 0.4) is 0 Å². The maximum Gasteiger partial charge on any atom is 0.306 e. The van der Waals surface area contributed by atoms with E-state index in [4.69, 9.17) is 9.84 Å². The van der Waals surface area contributed by atoms with Gasteiger partial charge in [-0.25, -0.2) is 0 Å². The molecule has 3 heteroatoms. The SMILES string of the molecule is COC(C)(CC(=O)O)Cc1ccccc1. The summed E-state index contributed by atoms with van der Waals surface area (Å²) >= 11 is 0. The average molecular weight is 208 g/mol. The van der Waals surface area contributed by atoms with Gasteiger partial charge in [-0.2, -0.15) is 0 Å². The van der Waals surface area contributed by atoms with Crippen molar-refractivity contribution in [3.05, 3.63) is 35.9 Å². The number of hydrogen-bond donors (Lipinski definition) is 1. The fourth-order valence-corrected chi connectivity index (χ4v) is 1.55. The van der Waals surface area contributed by atoms with E-state index >= 15 is 0 Å². The summed E-state index contributed by atoms with van der Waals surface area (Å²) in [5, 5.41) is 8.78. The molecule has 0 saturated carbocycles. The van der Waals surface area contributed by atoms with Crippen LogP contribution in [0.2, 0.25) is 0 Å². The molecule has 1 aromatic rings. The third kappa shape index (κ3) is 3.72. The molecule has 82 valence electrons. The summed E-state index contributed by atoms with van der Waals surface area (Å²) in [7, 11) is 1.55. The van der Waals surface area contributed by atoms with Crippen molar-refractivity contribution >= 4 is 5.97 Å². The highest BCUT2D eigenvalue weighted by Crippen LogP contribution is 2.20. The maximum atomic E-state index is 10.7. The van der Waals surface area contributed by atoms with E-state index in [0.717, 1.165) is 5.56 Å². The highest BCUT2D eigenvalue weighted by molar-refractivity contribution is 5.68. The Hall–Kier alpha value is -1.35. The van der Waals surface area contributed by atoms with Crippen molar-refractivity contribution in [2.45, 2.75) is 25.4 Å². The summed E-state index contributed by atoms with van der Waals surface area (Å²) in [6, 6.07) is 9.75. The van der Waals surface area contributed by atoms with E-state index in [1.54, 1.807) is 7.11 Å². The van der Waals surface area contributed by atoms with E-state index in [-0.39, 0.29) is 6.42 Å². The number of methoxy groups -OCH3 is 1. The van der Waals surface area contributed by atoms with Crippen LogP contribution in [0.4, 0.5) is 0 Å². The number of ether oxygens (including phenoxy) is 1. The van der Waals surface area contributed by atoms with Crippen molar-refractivity contribution in [1.29, 1.82) is 0 Å². The van der Waals surface area contributed by atoms with Gasteiger partial charge in [-0.15, -0.1) is 0 Å². The first-order valence-corrected chi connectivity index (χ1v) is 4.87. The van der Waals surface area contributed by atoms with E-state index in [0.29, 0.717) is 6.42 Å². The first-order chi connectivity index (χ1) is 7.06. The van der Waals surface area contributed by atoms with Gasteiger partial charge >= 0.3 is 5.97 Å². The van der Waals surface area contributed by atoms with Crippen molar-refractivity contribution in [2.24, 2.45) is 0 Å². The molecule has 0 amide bonds. The molecule has 1 rings (SSSR count). The maximum absolute atomic E-state index is 10.7. The molecule has 0 spiro atoms. The smallest absolute Gasteiger partial charge is 0.306 e. The first kappa shape index (κ1) is 11.7. The molecule has 0 aliphatic rings. The molecule has 3 nitrogen and oxygen atoms in total. The lowest BCUT2D eigenvalue weighted by atomic mass is 9.93. The Bertz CT molecular complexity index is 321. The van der Waals surface area contributed by atoms with Crippen molar-refractivity contribution < 1.29 is 14.6 Å². The number of hydrogen-bond acceptors (Lipinski definition) is 2. The second-order valence-electron chi connectivity index (χ2n) is 3.89. The van der Waals surface area contributed by atoms with Crippen LogP contribution in [0.5, 0.6) is 0 Å². The van der Waals surface area contributed by atoms with Gasteiger partial charge in [-0.05, 0) is 12.5 Å². The molecule has 0 aromatic heterocycles. The van der Waals surface area contributed by atoms with Crippen LogP contribution in [0, 0.1) is 0 Å². The van der Waals surface area contributed by atoms with E-state index in [2.05, 4.69) is 0 Å². The molecule has 1 unspecified atom stereocenters. The Kier molecular flexibility index (Phi) is 3.86. The van der Waals surface area contributed by atoms with Gasteiger partial charge in [-0.3, -0.25) is 4.79 Å². The van der Waals surface area contributed by atoms with E-state index in [1.807, 2.05) is 37.3 Å². The molecule has 1 aromatic carbocycles. The molecule has 0 saturated heterocycles. The van der Waals surface area contributed by atoms with Crippen LogP contribution in [0.15, 0.2) is 30.3 Å². The number of carboxylic acids is 1. The minimum absolute atomic E-state index is 0.0123. The molecular formula is C12H16O3. The molecule has 0 bridgehead atoms. The van der Waals surface area contributed by atoms with Gasteiger partial charge in [0.2, 0.25) is 0 Å². The largest absolute Gasteiger partial charge is 0.481 e. The Labute approximate surface area is 89.7 Å². The molecule has 1 N–H and O–H groups in total. The van der Waals surface area contributed by atoms with Crippen LogP contribution in [-0.2, 0) is 16.0 Å². The number of carbonyl (C=O) groups is 1. The predicted molar refractivity (Wildman–Crippen MR) is 57.8 cm³/mol. The third-order valence-corrected chi connectivity index (χ3v) is 2.44. The summed E-state index contributed by atoms with van der Waals surface area (Å²) < 4.78 is 5.27. The van der Waals surface area contributed by atoms with Crippen LogP contribution in [0.1, 0.15) is 18.9 Å². The quantitative estimate of drug-likeness (QED) is 0.806. The average Bonchev–Trinajstić information content (AvgIpc) is 2.18. The first-order valence-electron chi connectivity index (χ1n) is 4.87. The summed E-state index contributed by atoms with van der Waals surface area (Å²) in [6.07, 6.45) is 0.620. The highest BCUT2D eigenvalue weighted by Gasteiger charge is 2.27. The second kappa shape index (κ2) is 4.94. The Morgan fingerprint density at radius 2 is 2.00 bits per heavy atom. The Morgan fingerprint density at radius 3 is 2.47 bits per heavy atom. The summed E-state index contributed by atoms with van der Waals surface area (Å²) in [5.41, 5.74) is 0.454. The van der Waals surface area contributed by atoms with Crippen LogP contribution in [-0.4, -0.2) is 23.8 Å². The molecule has 0 radical (unpaired) electrons. The summed E-state index contributed by atoms with van der Waals surface area (Å²) in [5.74, 6) is -0.838. The van der Waals surface area contributed by atoms with Crippen molar-refractivity contribution in [3.8, 4) is 0 Å². The van der Waals surface area contributed by atoms with Crippen molar-refractivity contribution in [3.63, 3.8) is 0 Å². The third-order valence-electron chi connectivity index (χ3n) is 2.44. The minimum atomic E-state index is -0.838. The van der Waals surface area contributed by atoms with Gasteiger partial charge in [0.15, 0.2) is 0 Å². The van der Waals surface area contributed by atoms with Gasteiger partial charge < -0.3 is 9.84 Å². The topological polar surface area (TPSA) is 46.5 Å². The molecule has 0 aliphatic heterocycles. The molecular weight excluding hydrogens is 192 g/mol. The zero-order chi connectivity index (χ0) is 11.3. The second-order valence-corrected chi connectivity index (χ2v) is 3.89. The fraction of sp³-hybridized carbons (Fsp3) is 0.417. The number of aliphatic carboxylic acids is 1. The number of carboxylic acid groups (broad SMARTS) is 1. The summed E-state index contributed by atoms with van der Waals surface area (Å²) in [6.45, 7) is 1.81. The molecule has 0 heterocycles. The zero-order valence-corrected chi connectivity index (χ0v) is 9.06. The zero-order valence-electron chi connectivity index (χ0n) is 9.06. The lowest BCUT2D eigenvalue weighted by Crippen LogP contribution is -2.33. The van der Waals surface area contributed by atoms with E-state index in [9.17, 15) is 4.79 Å². The lowest BCUT2D eigenvalue weighted by Gasteiger charge is -2.26. The molecule has 1 atom stereocenters. The molecule has 0 fully saturated rings. The number of benzene rings is 1. The highest BCUT2D eigenvalue weighted by atomic mass is 16.5. The van der Waals surface area contributed by atoms with Gasteiger partial charge in [-0.1, -0.05) is 30.3 Å². The van der Waals surface area contributed by atoms with Gasteiger partial charge in [0.05, 0.1) is 12.0 Å². The van der Waals surface area contributed by atoms with Gasteiger partial charge in [0.25, 0.3) is 0 Å². The Balaban J connectivity index is 2.72. The number of rotatable bonds is 5. The predicted octanol–water partition coefficient (Wildman–Crippen LogP) is 2.11. The standard InChI is InChI=1S/C12H16O3/c1-12(15-2,9-11(13)14)8-10-6-4-3-5-7-10/h3-7H,8-9H2,1-2H3,(H,13,14). The molecule has 15 heavy (non-hydrogen) atoms. The van der Waals surface area contributed by atoms with Crippen molar-refractivity contribution in [2.75, 3.05) is 7.11 Å². The van der Waals surface area contributed by atoms with E-state index in [1.165, 1.54) is 0 Å². The van der Waals surface area contributed by atoms with Gasteiger partial charge in [0.1, 0.15) is 0 Å². The van der Waals surface area contributed by atoms with Crippen molar-refractivity contribution in [1.82, 2.24) is 0 Å². The Morgan fingerprint density at radius 1 is 1.40 bits per heavy atom. The monoisotopic (exact) mass is 208 g/mol. The summed E-state index contributed by atoms with van der Waals surface area (Å²) in [4.78, 5) is 10.7. The van der Waals surface area contributed by atoms with E-state index < -0.39 is 11.6 Å². The lowest BCUT2D eigenvalue weighted by molar-refractivity contribution is -0.143. The molecule has 0 aliphatic carbocycles. The van der Waals surface area contributed by atoms with Gasteiger partial charge in [0, 0.05) is 13.5 Å². The van der Waals surface area contributed by atoms with Crippen LogP contribution < -0.4 is 0 Å². The van der Waals surface area contributed by atoms with Crippen LogP contribution >= 0.6 is 0 Å². The fourth-order valence-electron chi connectivity index (χ4n) is 1.55. The minimum Gasteiger partial charge on any atom is -0.481 e. The normalized spacial score (nSPS) is 14.5.